The summed E-state index contributed by atoms with van der Waals surface area (Å²) in [6.45, 7) is 6.15. The Labute approximate surface area is 128 Å². The van der Waals surface area contributed by atoms with Gasteiger partial charge < -0.3 is 20.1 Å². The molecule has 0 saturated carbocycles. The summed E-state index contributed by atoms with van der Waals surface area (Å²) in [4.78, 5) is 4.12. The summed E-state index contributed by atoms with van der Waals surface area (Å²) >= 11 is 0. The van der Waals surface area contributed by atoms with E-state index in [1.54, 1.807) is 14.2 Å². The number of ether oxygens (including phenoxy) is 2. The lowest BCUT2D eigenvalue weighted by atomic mass is 10.4. The van der Waals surface area contributed by atoms with Crippen molar-refractivity contribution in [3.63, 3.8) is 0 Å². The topological polar surface area (TPSA) is 54.9 Å². The summed E-state index contributed by atoms with van der Waals surface area (Å²) in [6, 6.07) is 0. The molecule has 0 saturated heterocycles. The van der Waals surface area contributed by atoms with Crippen molar-refractivity contribution in [3.05, 3.63) is 0 Å². The molecule has 0 rings (SSSR count). The van der Waals surface area contributed by atoms with Crippen molar-refractivity contribution < 1.29 is 9.47 Å². The highest BCUT2D eigenvalue weighted by molar-refractivity contribution is 14.0. The molecule has 0 aromatic heterocycles. The van der Waals surface area contributed by atoms with Gasteiger partial charge in [0.25, 0.3) is 0 Å². The van der Waals surface area contributed by atoms with Gasteiger partial charge in [-0.25, -0.2) is 0 Å². The van der Waals surface area contributed by atoms with Gasteiger partial charge in [0.1, 0.15) is 0 Å². The van der Waals surface area contributed by atoms with Crippen LogP contribution in [0.4, 0.5) is 0 Å². The van der Waals surface area contributed by atoms with Gasteiger partial charge in [-0.15, -0.1) is 24.0 Å². The van der Waals surface area contributed by atoms with Crippen molar-refractivity contribution >= 4 is 29.9 Å². The van der Waals surface area contributed by atoms with Gasteiger partial charge in [-0.2, -0.15) is 0 Å². The molecule has 5 nitrogen and oxygen atoms in total. The quantitative estimate of drug-likeness (QED) is 0.265. The molecule has 0 unspecified atom stereocenters. The van der Waals surface area contributed by atoms with Crippen LogP contribution in [0.5, 0.6) is 0 Å². The zero-order valence-electron chi connectivity index (χ0n) is 11.8. The Morgan fingerprint density at radius 1 is 1.06 bits per heavy atom. The predicted octanol–water partition coefficient (Wildman–Crippen LogP) is 1.62. The molecule has 0 aliphatic rings. The van der Waals surface area contributed by atoms with Gasteiger partial charge in [-0.05, 0) is 12.8 Å². The van der Waals surface area contributed by atoms with Crippen LogP contribution in [0.25, 0.3) is 0 Å². The Hall–Kier alpha value is -0.0800. The molecule has 0 aliphatic carbocycles. The van der Waals surface area contributed by atoms with Crippen LogP contribution in [0, 0.1) is 0 Å². The molecule has 0 aromatic rings. The molecule has 0 radical (unpaired) electrons. The van der Waals surface area contributed by atoms with Crippen LogP contribution in [0.1, 0.15) is 26.2 Å². The molecule has 0 aromatic carbocycles. The summed E-state index contributed by atoms with van der Waals surface area (Å²) in [7, 11) is 3.48. The fraction of sp³-hybridized carbons (Fsp3) is 0.917. The third-order valence-corrected chi connectivity index (χ3v) is 2.22. The second-order valence-electron chi connectivity index (χ2n) is 3.74. The van der Waals surface area contributed by atoms with E-state index < -0.39 is 0 Å². The van der Waals surface area contributed by atoms with Crippen molar-refractivity contribution in [2.45, 2.75) is 26.2 Å². The molecule has 0 bridgehead atoms. The van der Waals surface area contributed by atoms with Gasteiger partial charge in [0.15, 0.2) is 5.96 Å². The minimum Gasteiger partial charge on any atom is -0.385 e. The molecule has 2 N–H and O–H groups in total. The summed E-state index contributed by atoms with van der Waals surface area (Å²) in [5.41, 5.74) is 0. The summed E-state index contributed by atoms with van der Waals surface area (Å²) < 4.78 is 10.4. The Balaban J connectivity index is 0. The molecule has 6 heteroatoms. The third kappa shape index (κ3) is 14.0. The molecule has 0 aliphatic heterocycles. The van der Waals surface area contributed by atoms with Crippen LogP contribution in [-0.4, -0.2) is 53.0 Å². The van der Waals surface area contributed by atoms with Gasteiger partial charge in [0, 0.05) is 40.5 Å². The second-order valence-corrected chi connectivity index (χ2v) is 3.74. The fourth-order valence-corrected chi connectivity index (χ4v) is 1.23. The minimum absolute atomic E-state index is 0. The first-order valence-corrected chi connectivity index (χ1v) is 6.36. The van der Waals surface area contributed by atoms with E-state index in [2.05, 4.69) is 22.5 Å². The van der Waals surface area contributed by atoms with E-state index in [0.717, 1.165) is 51.7 Å². The molecular formula is C12H28IN3O2. The van der Waals surface area contributed by atoms with Crippen LogP contribution in [0.2, 0.25) is 0 Å². The SMILES string of the molecule is CCCCOCCNC(=NC)NCCCOC.I. The largest absolute Gasteiger partial charge is 0.385 e. The fourth-order valence-electron chi connectivity index (χ4n) is 1.23. The van der Waals surface area contributed by atoms with Crippen LogP contribution >= 0.6 is 24.0 Å². The first-order valence-electron chi connectivity index (χ1n) is 6.36. The van der Waals surface area contributed by atoms with Gasteiger partial charge in [-0.1, -0.05) is 13.3 Å². The number of rotatable bonds is 10. The zero-order chi connectivity index (χ0) is 12.8. The first-order chi connectivity index (χ1) is 8.35. The van der Waals surface area contributed by atoms with Crippen molar-refractivity contribution in [1.82, 2.24) is 10.6 Å². The smallest absolute Gasteiger partial charge is 0.191 e. The number of unbranched alkanes of at least 4 members (excludes halogenated alkanes) is 1. The van der Waals surface area contributed by atoms with Gasteiger partial charge in [0.2, 0.25) is 0 Å². The number of guanidine groups is 1. The summed E-state index contributed by atoms with van der Waals surface area (Å²) in [5.74, 6) is 0.820. The highest BCUT2D eigenvalue weighted by Crippen LogP contribution is 1.86. The van der Waals surface area contributed by atoms with Gasteiger partial charge >= 0.3 is 0 Å². The standard InChI is InChI=1S/C12H27N3O2.HI/c1-4-5-10-17-11-8-15-12(13-2)14-7-6-9-16-3;/h4-11H2,1-3H3,(H2,13,14,15);1H. The molecule has 0 heterocycles. The summed E-state index contributed by atoms with van der Waals surface area (Å²) in [6.07, 6.45) is 3.28. The monoisotopic (exact) mass is 373 g/mol. The number of hydrogen-bond donors (Lipinski definition) is 2. The lowest BCUT2D eigenvalue weighted by molar-refractivity contribution is 0.136. The van der Waals surface area contributed by atoms with Crippen LogP contribution in [0.15, 0.2) is 4.99 Å². The van der Waals surface area contributed by atoms with Gasteiger partial charge in [0.05, 0.1) is 6.61 Å². The van der Waals surface area contributed by atoms with E-state index in [9.17, 15) is 0 Å². The Morgan fingerprint density at radius 2 is 1.78 bits per heavy atom. The highest BCUT2D eigenvalue weighted by atomic mass is 127. The lowest BCUT2D eigenvalue weighted by Gasteiger charge is -2.11. The number of methoxy groups -OCH3 is 1. The van der Waals surface area contributed by atoms with E-state index in [-0.39, 0.29) is 24.0 Å². The first kappa shape index (κ1) is 20.2. The average molecular weight is 373 g/mol. The van der Waals surface area contributed by atoms with Crippen LogP contribution in [-0.2, 0) is 9.47 Å². The third-order valence-electron chi connectivity index (χ3n) is 2.22. The maximum absolute atomic E-state index is 5.45. The van der Waals surface area contributed by atoms with Crippen LogP contribution < -0.4 is 10.6 Å². The number of nitrogens with zero attached hydrogens (tertiary/aromatic N) is 1. The Kier molecular flexibility index (Phi) is 19.0. The molecule has 18 heavy (non-hydrogen) atoms. The van der Waals surface area contributed by atoms with Crippen molar-refractivity contribution in [3.8, 4) is 0 Å². The van der Waals surface area contributed by atoms with E-state index in [4.69, 9.17) is 9.47 Å². The Morgan fingerprint density at radius 3 is 2.39 bits per heavy atom. The number of aliphatic imine (C=N–C) groups is 1. The molecule has 0 spiro atoms. The molecular weight excluding hydrogens is 345 g/mol. The van der Waals surface area contributed by atoms with E-state index in [1.165, 1.54) is 6.42 Å². The van der Waals surface area contributed by atoms with Crippen molar-refractivity contribution in [2.75, 3.05) is 47.1 Å². The molecule has 0 fully saturated rings. The van der Waals surface area contributed by atoms with Crippen LogP contribution in [0.3, 0.4) is 0 Å². The van der Waals surface area contributed by atoms with Gasteiger partial charge in [-0.3, -0.25) is 4.99 Å². The minimum atomic E-state index is 0. The number of hydrogen-bond acceptors (Lipinski definition) is 3. The maximum atomic E-state index is 5.45. The maximum Gasteiger partial charge on any atom is 0.191 e. The lowest BCUT2D eigenvalue weighted by Crippen LogP contribution is -2.39. The van der Waals surface area contributed by atoms with E-state index >= 15 is 0 Å². The normalized spacial score (nSPS) is 10.9. The van der Waals surface area contributed by atoms with Crippen molar-refractivity contribution in [2.24, 2.45) is 4.99 Å². The highest BCUT2D eigenvalue weighted by Gasteiger charge is 1.95. The zero-order valence-corrected chi connectivity index (χ0v) is 14.2. The molecule has 0 amide bonds. The van der Waals surface area contributed by atoms with E-state index in [1.807, 2.05) is 0 Å². The Bertz CT molecular complexity index is 192. The number of halogens is 1. The van der Waals surface area contributed by atoms with E-state index in [0.29, 0.717) is 0 Å². The molecule has 110 valence electrons. The number of nitrogens with one attached hydrogen (secondary N) is 2. The summed E-state index contributed by atoms with van der Waals surface area (Å²) in [5, 5.41) is 6.41. The van der Waals surface area contributed by atoms with Crippen molar-refractivity contribution in [1.29, 1.82) is 0 Å². The average Bonchev–Trinajstić information content (AvgIpc) is 2.36. The molecule has 0 atom stereocenters. The predicted molar refractivity (Wildman–Crippen MR) is 87.0 cm³/mol. The second kappa shape index (κ2) is 16.9.